The molecule has 1 saturated carbocycles. The molecular weight excluding hydrogens is 396 g/mol. The van der Waals surface area contributed by atoms with Crippen molar-refractivity contribution in [2.45, 2.75) is 56.5 Å². The fourth-order valence-corrected chi connectivity index (χ4v) is 3.54. The summed E-state index contributed by atoms with van der Waals surface area (Å²) in [5, 5.41) is 8.72. The molecular formula is C17H20BrF2N3O2. The van der Waals surface area contributed by atoms with Crippen LogP contribution in [0.25, 0.3) is 0 Å². The topological polar surface area (TPSA) is 70.2 Å². The Labute approximate surface area is 153 Å². The molecule has 3 N–H and O–H groups in total. The minimum atomic E-state index is -2.57. The summed E-state index contributed by atoms with van der Waals surface area (Å²) in [6.07, 6.45) is 1.33. The Hall–Kier alpha value is -1.70. The Bertz CT molecular complexity index is 674. The number of hydrogen-bond acceptors (Lipinski definition) is 3. The average Bonchev–Trinajstić information content (AvgIpc) is 2.98. The first-order valence-electron chi connectivity index (χ1n) is 8.36. The summed E-state index contributed by atoms with van der Waals surface area (Å²) in [5.41, 5.74) is 1.26. The Morgan fingerprint density at radius 3 is 2.56 bits per heavy atom. The van der Waals surface area contributed by atoms with E-state index in [1.807, 2.05) is 6.07 Å². The van der Waals surface area contributed by atoms with Gasteiger partial charge in [-0.1, -0.05) is 15.9 Å². The molecule has 1 heterocycles. The zero-order valence-electron chi connectivity index (χ0n) is 13.6. The lowest BCUT2D eigenvalue weighted by molar-refractivity contribution is -0.122. The summed E-state index contributed by atoms with van der Waals surface area (Å²) >= 11 is 3.37. The predicted octanol–water partition coefficient (Wildman–Crippen LogP) is 3.66. The molecule has 1 aliphatic heterocycles. The fraction of sp³-hybridized carbons (Fsp3) is 0.529. The smallest absolute Gasteiger partial charge is 0.248 e. The van der Waals surface area contributed by atoms with Gasteiger partial charge in [-0.05, 0) is 37.5 Å². The van der Waals surface area contributed by atoms with Gasteiger partial charge in [-0.3, -0.25) is 9.59 Å². The second-order valence-electron chi connectivity index (χ2n) is 6.61. The third kappa shape index (κ3) is 4.68. The number of amides is 2. The number of carbonyl (C=O) groups excluding carboxylic acids is 2. The zero-order valence-corrected chi connectivity index (χ0v) is 15.2. The molecule has 2 fully saturated rings. The van der Waals surface area contributed by atoms with E-state index in [-0.39, 0.29) is 30.7 Å². The van der Waals surface area contributed by atoms with Crippen LogP contribution in [0.1, 0.15) is 38.5 Å². The summed E-state index contributed by atoms with van der Waals surface area (Å²) in [7, 11) is 0. The second kappa shape index (κ2) is 7.27. The van der Waals surface area contributed by atoms with E-state index in [1.165, 1.54) is 0 Å². The van der Waals surface area contributed by atoms with E-state index in [0.29, 0.717) is 37.1 Å². The Morgan fingerprint density at radius 1 is 1.20 bits per heavy atom. The van der Waals surface area contributed by atoms with E-state index in [4.69, 9.17) is 0 Å². The van der Waals surface area contributed by atoms with Gasteiger partial charge in [0.2, 0.25) is 17.7 Å². The Balaban J connectivity index is 1.68. The molecule has 0 spiro atoms. The van der Waals surface area contributed by atoms with Crippen molar-refractivity contribution in [2.24, 2.45) is 0 Å². The lowest BCUT2D eigenvalue weighted by Gasteiger charge is -2.30. The maximum Gasteiger partial charge on any atom is 0.248 e. The summed E-state index contributed by atoms with van der Waals surface area (Å²) in [5.74, 6) is -2.98. The number of halogens is 3. The van der Waals surface area contributed by atoms with E-state index in [2.05, 4.69) is 31.9 Å². The summed E-state index contributed by atoms with van der Waals surface area (Å²) in [6, 6.07) is 4.80. The molecule has 0 bridgehead atoms. The van der Waals surface area contributed by atoms with E-state index < -0.39 is 12.0 Å². The van der Waals surface area contributed by atoms with Gasteiger partial charge in [0.1, 0.15) is 6.04 Å². The Morgan fingerprint density at radius 2 is 1.92 bits per heavy atom. The third-order valence-electron chi connectivity index (χ3n) is 4.63. The predicted molar refractivity (Wildman–Crippen MR) is 94.8 cm³/mol. The van der Waals surface area contributed by atoms with Gasteiger partial charge in [0, 0.05) is 29.8 Å². The first-order chi connectivity index (χ1) is 11.8. The van der Waals surface area contributed by atoms with Crippen LogP contribution in [0, 0.1) is 0 Å². The van der Waals surface area contributed by atoms with Gasteiger partial charge in [-0.25, -0.2) is 8.78 Å². The molecule has 5 nitrogen and oxygen atoms in total. The molecule has 1 atom stereocenters. The molecule has 0 radical (unpaired) electrons. The number of nitrogens with one attached hydrogen (secondary N) is 3. The standard InChI is InChI=1S/C17H20BrF2N3O2/c18-10-1-2-12(21-11-5-7-17(19,20)8-6-11)14(9-10)23-16(25)13-3-4-15(24)22-13/h1-2,9,11,13,21H,3-8H2,(H,22,24)(H,23,25)/t13-/m0/s1. The van der Waals surface area contributed by atoms with Crippen molar-refractivity contribution in [1.82, 2.24) is 5.32 Å². The highest BCUT2D eigenvalue weighted by Gasteiger charge is 2.35. The van der Waals surface area contributed by atoms with E-state index in [9.17, 15) is 18.4 Å². The highest BCUT2D eigenvalue weighted by atomic mass is 79.9. The third-order valence-corrected chi connectivity index (χ3v) is 5.12. The molecule has 0 aromatic heterocycles. The SMILES string of the molecule is O=C1CC[C@@H](C(=O)Nc2cc(Br)ccc2NC2CCC(F)(F)CC2)N1. The maximum atomic E-state index is 13.3. The molecule has 2 amide bonds. The number of anilines is 2. The molecule has 0 unspecified atom stereocenters. The van der Waals surface area contributed by atoms with Crippen molar-refractivity contribution in [3.8, 4) is 0 Å². The summed E-state index contributed by atoms with van der Waals surface area (Å²) < 4.78 is 27.4. The van der Waals surface area contributed by atoms with Crippen LogP contribution in [-0.4, -0.2) is 29.8 Å². The monoisotopic (exact) mass is 415 g/mol. The molecule has 1 aromatic rings. The molecule has 25 heavy (non-hydrogen) atoms. The molecule has 1 aromatic carbocycles. The van der Waals surface area contributed by atoms with Crippen molar-refractivity contribution < 1.29 is 18.4 Å². The zero-order chi connectivity index (χ0) is 18.0. The van der Waals surface area contributed by atoms with Crippen LogP contribution < -0.4 is 16.0 Å². The normalized spacial score (nSPS) is 23.2. The number of alkyl halides is 2. The quantitative estimate of drug-likeness (QED) is 0.702. The minimum absolute atomic E-state index is 0.0531. The number of carbonyl (C=O) groups is 2. The maximum absolute atomic E-state index is 13.3. The molecule has 2 aliphatic rings. The first-order valence-corrected chi connectivity index (χ1v) is 9.16. The lowest BCUT2D eigenvalue weighted by Crippen LogP contribution is -2.37. The summed E-state index contributed by atoms with van der Waals surface area (Å²) in [6.45, 7) is 0. The van der Waals surface area contributed by atoms with Crippen LogP contribution in [0.15, 0.2) is 22.7 Å². The van der Waals surface area contributed by atoms with Crippen LogP contribution >= 0.6 is 15.9 Å². The number of benzene rings is 1. The number of hydrogen-bond donors (Lipinski definition) is 3. The van der Waals surface area contributed by atoms with E-state index in [0.717, 1.165) is 4.47 Å². The minimum Gasteiger partial charge on any atom is -0.381 e. The van der Waals surface area contributed by atoms with Crippen molar-refractivity contribution in [2.75, 3.05) is 10.6 Å². The van der Waals surface area contributed by atoms with Crippen LogP contribution in [0.4, 0.5) is 20.2 Å². The number of rotatable bonds is 4. The fourth-order valence-electron chi connectivity index (χ4n) is 3.18. The van der Waals surface area contributed by atoms with Gasteiger partial charge < -0.3 is 16.0 Å². The Kier molecular flexibility index (Phi) is 5.27. The van der Waals surface area contributed by atoms with Crippen molar-refractivity contribution >= 4 is 39.1 Å². The molecule has 3 rings (SSSR count). The molecule has 1 saturated heterocycles. The van der Waals surface area contributed by atoms with Gasteiger partial charge in [-0.2, -0.15) is 0 Å². The van der Waals surface area contributed by atoms with Gasteiger partial charge in [0.05, 0.1) is 11.4 Å². The summed E-state index contributed by atoms with van der Waals surface area (Å²) in [4.78, 5) is 23.6. The largest absolute Gasteiger partial charge is 0.381 e. The second-order valence-corrected chi connectivity index (χ2v) is 7.53. The van der Waals surface area contributed by atoms with E-state index >= 15 is 0 Å². The van der Waals surface area contributed by atoms with Gasteiger partial charge in [0.15, 0.2) is 0 Å². The van der Waals surface area contributed by atoms with Crippen LogP contribution in [0.2, 0.25) is 0 Å². The van der Waals surface area contributed by atoms with Gasteiger partial charge in [0.25, 0.3) is 0 Å². The molecule has 8 heteroatoms. The van der Waals surface area contributed by atoms with Crippen LogP contribution in [-0.2, 0) is 9.59 Å². The van der Waals surface area contributed by atoms with Crippen LogP contribution in [0.3, 0.4) is 0 Å². The first kappa shape index (κ1) is 18.1. The van der Waals surface area contributed by atoms with Crippen molar-refractivity contribution in [3.63, 3.8) is 0 Å². The van der Waals surface area contributed by atoms with Gasteiger partial charge >= 0.3 is 0 Å². The average molecular weight is 416 g/mol. The highest BCUT2D eigenvalue weighted by molar-refractivity contribution is 9.10. The van der Waals surface area contributed by atoms with Crippen molar-refractivity contribution in [3.05, 3.63) is 22.7 Å². The van der Waals surface area contributed by atoms with E-state index in [1.54, 1.807) is 12.1 Å². The lowest BCUT2D eigenvalue weighted by atomic mass is 9.92. The van der Waals surface area contributed by atoms with Crippen LogP contribution in [0.5, 0.6) is 0 Å². The molecule has 136 valence electrons. The molecule has 1 aliphatic carbocycles. The van der Waals surface area contributed by atoms with Gasteiger partial charge in [-0.15, -0.1) is 0 Å². The van der Waals surface area contributed by atoms with Crippen molar-refractivity contribution in [1.29, 1.82) is 0 Å². The highest BCUT2D eigenvalue weighted by Crippen LogP contribution is 2.35.